The van der Waals surface area contributed by atoms with Crippen molar-refractivity contribution < 1.29 is 9.53 Å². The fraction of sp³-hybridized carbons (Fsp3) is 0.652. The van der Waals surface area contributed by atoms with Gasteiger partial charge in [-0.2, -0.15) is 5.26 Å². The van der Waals surface area contributed by atoms with Gasteiger partial charge in [-0.3, -0.25) is 4.79 Å². The molecule has 0 aromatic heterocycles. The normalized spacial score (nSPS) is 29.0. The molecule has 3 aliphatic heterocycles. The van der Waals surface area contributed by atoms with E-state index in [9.17, 15) is 4.79 Å². The third-order valence-electron chi connectivity index (χ3n) is 7.37. The van der Waals surface area contributed by atoms with E-state index in [0.29, 0.717) is 11.8 Å². The first-order valence-electron chi connectivity index (χ1n) is 10.8. The van der Waals surface area contributed by atoms with E-state index in [0.717, 1.165) is 64.0 Å². The van der Waals surface area contributed by atoms with E-state index in [4.69, 9.17) is 10.00 Å². The summed E-state index contributed by atoms with van der Waals surface area (Å²) in [6, 6.07) is 10.1. The van der Waals surface area contributed by atoms with Crippen LogP contribution in [0.15, 0.2) is 24.3 Å². The molecule has 0 spiro atoms. The fourth-order valence-electron chi connectivity index (χ4n) is 5.38. The molecule has 1 aromatic carbocycles. The molecule has 0 aliphatic carbocycles. The summed E-state index contributed by atoms with van der Waals surface area (Å²) in [4.78, 5) is 17.3. The van der Waals surface area contributed by atoms with E-state index in [2.05, 4.69) is 41.8 Å². The zero-order valence-corrected chi connectivity index (χ0v) is 17.1. The van der Waals surface area contributed by atoms with E-state index < -0.39 is 0 Å². The number of cyclic esters (lactones) is 1. The Kier molecular flexibility index (Phi) is 5.33. The second kappa shape index (κ2) is 7.75. The zero-order chi connectivity index (χ0) is 19.7. The van der Waals surface area contributed by atoms with Crippen LogP contribution in [0.5, 0.6) is 0 Å². The molecule has 0 radical (unpaired) electrons. The third kappa shape index (κ3) is 3.51. The standard InChI is InChI=1S/C23H31N3O2/c1-3-23(4-2)11-21(28-22(23)27)9-10-25-13-18-15-26(16-19(18)14-25)20-7-5-17(12-24)6-8-20/h5-8,18-19,21H,3-4,9-11,13-16H2,1-2H3/t18-,19-,21+/m1/s1. The predicted molar refractivity (Wildman–Crippen MR) is 109 cm³/mol. The topological polar surface area (TPSA) is 56.6 Å². The number of likely N-dealkylation sites (tertiary alicyclic amines) is 1. The number of carbonyl (C=O) groups is 1. The van der Waals surface area contributed by atoms with Gasteiger partial charge in [0, 0.05) is 44.8 Å². The zero-order valence-electron chi connectivity index (χ0n) is 17.1. The number of anilines is 1. The summed E-state index contributed by atoms with van der Waals surface area (Å²) in [7, 11) is 0. The van der Waals surface area contributed by atoms with Crippen LogP contribution in [0.2, 0.25) is 0 Å². The Morgan fingerprint density at radius 3 is 2.29 bits per heavy atom. The maximum absolute atomic E-state index is 12.3. The number of hydrogen-bond donors (Lipinski definition) is 0. The first-order chi connectivity index (χ1) is 13.6. The molecule has 1 aromatic rings. The highest BCUT2D eigenvalue weighted by atomic mass is 16.6. The molecule has 0 bridgehead atoms. The van der Waals surface area contributed by atoms with Crippen molar-refractivity contribution in [2.75, 3.05) is 37.6 Å². The van der Waals surface area contributed by atoms with Crippen molar-refractivity contribution in [3.8, 4) is 6.07 Å². The molecule has 0 N–H and O–H groups in total. The summed E-state index contributed by atoms with van der Waals surface area (Å²) in [6.07, 6.45) is 3.73. The molecule has 3 saturated heterocycles. The van der Waals surface area contributed by atoms with E-state index in [-0.39, 0.29) is 17.5 Å². The van der Waals surface area contributed by atoms with Gasteiger partial charge in [-0.25, -0.2) is 0 Å². The number of benzene rings is 1. The highest BCUT2D eigenvalue weighted by Gasteiger charge is 2.46. The maximum atomic E-state index is 12.3. The number of nitrogens with zero attached hydrogens (tertiary/aromatic N) is 3. The maximum Gasteiger partial charge on any atom is 0.312 e. The molecule has 3 fully saturated rings. The van der Waals surface area contributed by atoms with Gasteiger partial charge in [0.2, 0.25) is 0 Å². The van der Waals surface area contributed by atoms with Gasteiger partial charge in [0.05, 0.1) is 17.0 Å². The van der Waals surface area contributed by atoms with Crippen molar-refractivity contribution >= 4 is 11.7 Å². The van der Waals surface area contributed by atoms with Crippen LogP contribution in [0.25, 0.3) is 0 Å². The number of fused-ring (bicyclic) bond motifs is 1. The van der Waals surface area contributed by atoms with Crippen molar-refractivity contribution in [3.63, 3.8) is 0 Å². The summed E-state index contributed by atoms with van der Waals surface area (Å²) in [5.41, 5.74) is 1.72. The van der Waals surface area contributed by atoms with Gasteiger partial charge in [-0.1, -0.05) is 13.8 Å². The third-order valence-corrected chi connectivity index (χ3v) is 7.37. The number of nitriles is 1. The molecule has 3 heterocycles. The van der Waals surface area contributed by atoms with Gasteiger partial charge in [0.25, 0.3) is 0 Å². The van der Waals surface area contributed by atoms with Crippen LogP contribution >= 0.6 is 0 Å². The molecule has 28 heavy (non-hydrogen) atoms. The summed E-state index contributed by atoms with van der Waals surface area (Å²) in [5.74, 6) is 1.46. The lowest BCUT2D eigenvalue weighted by Gasteiger charge is -2.24. The Hall–Kier alpha value is -2.06. The van der Waals surface area contributed by atoms with E-state index in [1.54, 1.807) is 0 Å². The van der Waals surface area contributed by atoms with Gasteiger partial charge in [0.1, 0.15) is 6.10 Å². The first kappa shape index (κ1) is 19.3. The molecule has 5 heteroatoms. The number of carbonyl (C=O) groups excluding carboxylic acids is 1. The van der Waals surface area contributed by atoms with Crippen LogP contribution in [-0.4, -0.2) is 49.7 Å². The number of ether oxygens (including phenoxy) is 1. The second-order valence-corrected chi connectivity index (χ2v) is 8.85. The molecule has 3 aliphatic rings. The minimum absolute atomic E-state index is 0.0267. The molecule has 0 saturated carbocycles. The predicted octanol–water partition coefficient (Wildman–Crippen LogP) is 3.44. The van der Waals surface area contributed by atoms with Crippen LogP contribution in [0, 0.1) is 28.6 Å². The Labute approximate surface area is 168 Å². The highest BCUT2D eigenvalue weighted by Crippen LogP contribution is 2.41. The van der Waals surface area contributed by atoms with Crippen molar-refractivity contribution in [3.05, 3.63) is 29.8 Å². The van der Waals surface area contributed by atoms with Crippen LogP contribution in [0.3, 0.4) is 0 Å². The monoisotopic (exact) mass is 381 g/mol. The SMILES string of the molecule is CCC1(CC)C[C@H](CCN2C[C@@H]3CN(c4ccc(C#N)cc4)C[C@H]3C2)OC1=O. The minimum Gasteiger partial charge on any atom is -0.462 e. The molecule has 4 rings (SSSR count). The molecular formula is C23H31N3O2. The summed E-state index contributed by atoms with van der Waals surface area (Å²) >= 11 is 0. The van der Waals surface area contributed by atoms with Crippen molar-refractivity contribution in [1.29, 1.82) is 5.26 Å². The average Bonchev–Trinajstić information content (AvgIpc) is 3.37. The van der Waals surface area contributed by atoms with E-state index >= 15 is 0 Å². The van der Waals surface area contributed by atoms with Gasteiger partial charge in [0.15, 0.2) is 0 Å². The lowest BCUT2D eigenvalue weighted by molar-refractivity contribution is -0.149. The number of hydrogen-bond acceptors (Lipinski definition) is 5. The fourth-order valence-corrected chi connectivity index (χ4v) is 5.38. The Morgan fingerprint density at radius 1 is 1.11 bits per heavy atom. The van der Waals surface area contributed by atoms with Crippen molar-refractivity contribution in [1.82, 2.24) is 4.90 Å². The highest BCUT2D eigenvalue weighted by molar-refractivity contribution is 5.78. The first-order valence-corrected chi connectivity index (χ1v) is 10.8. The summed E-state index contributed by atoms with van der Waals surface area (Å²) in [6.45, 7) is 9.73. The Bertz CT molecular complexity index is 736. The molecule has 150 valence electrons. The molecule has 5 nitrogen and oxygen atoms in total. The molecular weight excluding hydrogens is 350 g/mol. The van der Waals surface area contributed by atoms with E-state index in [1.807, 2.05) is 12.1 Å². The van der Waals surface area contributed by atoms with E-state index in [1.165, 1.54) is 5.69 Å². The average molecular weight is 382 g/mol. The van der Waals surface area contributed by atoms with Gasteiger partial charge in [-0.15, -0.1) is 0 Å². The molecule has 0 amide bonds. The minimum atomic E-state index is -0.228. The molecule has 3 atom stereocenters. The lowest BCUT2D eigenvalue weighted by atomic mass is 9.79. The summed E-state index contributed by atoms with van der Waals surface area (Å²) in [5, 5.41) is 8.96. The van der Waals surface area contributed by atoms with Crippen LogP contribution in [-0.2, 0) is 9.53 Å². The van der Waals surface area contributed by atoms with Gasteiger partial charge < -0.3 is 14.5 Å². The number of esters is 1. The van der Waals surface area contributed by atoms with Crippen LogP contribution in [0.1, 0.15) is 45.1 Å². The smallest absolute Gasteiger partial charge is 0.312 e. The number of rotatable bonds is 6. The second-order valence-electron chi connectivity index (χ2n) is 8.85. The van der Waals surface area contributed by atoms with Crippen LogP contribution < -0.4 is 4.90 Å². The van der Waals surface area contributed by atoms with Gasteiger partial charge in [-0.05, 0) is 55.4 Å². The van der Waals surface area contributed by atoms with Crippen molar-refractivity contribution in [2.45, 2.75) is 45.6 Å². The lowest BCUT2D eigenvalue weighted by Crippen LogP contribution is -2.30. The Balaban J connectivity index is 1.26. The van der Waals surface area contributed by atoms with Gasteiger partial charge >= 0.3 is 5.97 Å². The Morgan fingerprint density at radius 2 is 1.75 bits per heavy atom. The summed E-state index contributed by atoms with van der Waals surface area (Å²) < 4.78 is 5.71. The quantitative estimate of drug-likeness (QED) is 0.707. The largest absolute Gasteiger partial charge is 0.462 e. The van der Waals surface area contributed by atoms with Crippen molar-refractivity contribution in [2.24, 2.45) is 17.3 Å². The van der Waals surface area contributed by atoms with Crippen LogP contribution in [0.4, 0.5) is 5.69 Å². The molecule has 0 unspecified atom stereocenters.